The summed E-state index contributed by atoms with van der Waals surface area (Å²) in [5, 5.41) is 11.9. The molecule has 0 aliphatic carbocycles. The topological polar surface area (TPSA) is 58.1 Å². The number of nitrogens with one attached hydrogen (secondary N) is 1. The highest BCUT2D eigenvalue weighted by atomic mass is 32.1. The lowest BCUT2D eigenvalue weighted by molar-refractivity contribution is 0.102. The lowest BCUT2D eigenvalue weighted by atomic mass is 10.2. The fourth-order valence-electron chi connectivity index (χ4n) is 2.58. The van der Waals surface area contributed by atoms with Crippen molar-refractivity contribution in [2.75, 3.05) is 10.2 Å². The third-order valence-electron chi connectivity index (χ3n) is 4.06. The number of halogens is 1. The zero-order valence-electron chi connectivity index (χ0n) is 15.4. The molecule has 2 aromatic carbocycles. The van der Waals surface area contributed by atoms with Gasteiger partial charge in [0.1, 0.15) is 10.8 Å². The van der Waals surface area contributed by atoms with Crippen LogP contribution in [-0.4, -0.2) is 22.1 Å². The van der Waals surface area contributed by atoms with Gasteiger partial charge in [-0.15, -0.1) is 10.2 Å². The number of nitrogens with zero attached hydrogens (tertiary/aromatic N) is 3. The van der Waals surface area contributed by atoms with Crippen LogP contribution in [-0.2, 0) is 6.54 Å². The summed E-state index contributed by atoms with van der Waals surface area (Å²) in [5.74, 6) is -0.701. The van der Waals surface area contributed by atoms with Crippen molar-refractivity contribution in [3.05, 3.63) is 69.9 Å². The third-order valence-corrected chi connectivity index (χ3v) is 4.96. The van der Waals surface area contributed by atoms with Gasteiger partial charge < -0.3 is 10.2 Å². The first-order valence-electron chi connectivity index (χ1n) is 8.65. The molecule has 5 nitrogen and oxygen atoms in total. The molecule has 0 aliphatic heterocycles. The molecule has 0 saturated carbocycles. The van der Waals surface area contributed by atoms with Gasteiger partial charge in [-0.2, -0.15) is 0 Å². The number of hydrogen-bond donors (Lipinski definition) is 1. The van der Waals surface area contributed by atoms with Gasteiger partial charge in [0.15, 0.2) is 0 Å². The van der Waals surface area contributed by atoms with Crippen LogP contribution in [0.5, 0.6) is 0 Å². The molecule has 0 atom stereocenters. The van der Waals surface area contributed by atoms with Crippen LogP contribution in [0.25, 0.3) is 0 Å². The number of benzene rings is 2. The van der Waals surface area contributed by atoms with Gasteiger partial charge in [0, 0.05) is 17.4 Å². The molecule has 1 N–H and O–H groups in total. The summed E-state index contributed by atoms with van der Waals surface area (Å²) in [6.07, 6.45) is 0. The van der Waals surface area contributed by atoms with Crippen molar-refractivity contribution >= 4 is 28.6 Å². The molecule has 1 aromatic heterocycles. The summed E-state index contributed by atoms with van der Waals surface area (Å²) in [5.41, 5.74) is 2.82. The predicted molar refractivity (Wildman–Crippen MR) is 107 cm³/mol. The SMILES string of the molecule is Cc1ccc(N(Cc2nnc(C(=O)Nc3ccc(F)cc3)s2)C(C)C)cc1. The van der Waals surface area contributed by atoms with Crippen molar-refractivity contribution in [2.45, 2.75) is 33.4 Å². The minimum absolute atomic E-state index is 0.271. The standard InChI is InChI=1S/C20H21FN4OS/c1-13(2)25(17-10-4-14(3)5-11-17)12-18-23-24-20(27-18)19(26)22-16-8-6-15(21)7-9-16/h4-11,13H,12H2,1-3H3,(H,22,26). The molecule has 0 fully saturated rings. The van der Waals surface area contributed by atoms with E-state index in [9.17, 15) is 9.18 Å². The van der Waals surface area contributed by atoms with Crippen LogP contribution in [0.1, 0.15) is 34.2 Å². The Morgan fingerprint density at radius 1 is 1.11 bits per heavy atom. The average Bonchev–Trinajstić information content (AvgIpc) is 3.11. The fraction of sp³-hybridized carbons (Fsp3) is 0.250. The van der Waals surface area contributed by atoms with E-state index in [1.165, 1.54) is 41.2 Å². The summed E-state index contributed by atoms with van der Waals surface area (Å²) in [6.45, 7) is 6.86. The number of anilines is 2. The maximum absolute atomic E-state index is 13.0. The monoisotopic (exact) mass is 384 g/mol. The Balaban J connectivity index is 1.71. The molecular weight excluding hydrogens is 363 g/mol. The highest BCUT2D eigenvalue weighted by Gasteiger charge is 2.17. The average molecular weight is 384 g/mol. The van der Waals surface area contributed by atoms with E-state index < -0.39 is 0 Å². The van der Waals surface area contributed by atoms with E-state index in [1.807, 2.05) is 0 Å². The van der Waals surface area contributed by atoms with Crippen molar-refractivity contribution in [1.82, 2.24) is 10.2 Å². The summed E-state index contributed by atoms with van der Waals surface area (Å²) in [7, 11) is 0. The van der Waals surface area contributed by atoms with Crippen LogP contribution < -0.4 is 10.2 Å². The largest absolute Gasteiger partial charge is 0.362 e. The number of hydrogen-bond acceptors (Lipinski definition) is 5. The van der Waals surface area contributed by atoms with E-state index in [0.717, 1.165) is 10.7 Å². The Bertz CT molecular complexity index is 906. The summed E-state index contributed by atoms with van der Waals surface area (Å²) < 4.78 is 13.0. The van der Waals surface area contributed by atoms with Crippen LogP contribution in [0.15, 0.2) is 48.5 Å². The summed E-state index contributed by atoms with van der Waals surface area (Å²) in [4.78, 5) is 14.5. The maximum Gasteiger partial charge on any atom is 0.286 e. The molecular formula is C20H21FN4OS. The van der Waals surface area contributed by atoms with E-state index >= 15 is 0 Å². The van der Waals surface area contributed by atoms with Gasteiger partial charge in [0.05, 0.1) is 6.54 Å². The van der Waals surface area contributed by atoms with Gasteiger partial charge >= 0.3 is 0 Å². The predicted octanol–water partition coefficient (Wildman–Crippen LogP) is 4.65. The fourth-order valence-corrected chi connectivity index (χ4v) is 3.31. The maximum atomic E-state index is 13.0. The van der Waals surface area contributed by atoms with Crippen LogP contribution in [0.3, 0.4) is 0 Å². The van der Waals surface area contributed by atoms with E-state index in [0.29, 0.717) is 12.2 Å². The van der Waals surface area contributed by atoms with E-state index in [-0.39, 0.29) is 22.8 Å². The number of carbonyl (C=O) groups excluding carboxylic acids is 1. The molecule has 3 rings (SSSR count). The highest BCUT2D eigenvalue weighted by molar-refractivity contribution is 7.13. The summed E-state index contributed by atoms with van der Waals surface area (Å²) >= 11 is 1.26. The van der Waals surface area contributed by atoms with Crippen molar-refractivity contribution in [3.8, 4) is 0 Å². The van der Waals surface area contributed by atoms with Crippen molar-refractivity contribution in [2.24, 2.45) is 0 Å². The van der Waals surface area contributed by atoms with Gasteiger partial charge in [0.25, 0.3) is 5.91 Å². The highest BCUT2D eigenvalue weighted by Crippen LogP contribution is 2.22. The quantitative estimate of drug-likeness (QED) is 0.672. The van der Waals surface area contributed by atoms with Gasteiger partial charge in [0.2, 0.25) is 5.01 Å². The smallest absolute Gasteiger partial charge is 0.286 e. The van der Waals surface area contributed by atoms with E-state index in [4.69, 9.17) is 0 Å². The number of rotatable bonds is 6. The molecule has 0 aliphatic rings. The second-order valence-electron chi connectivity index (χ2n) is 6.52. The molecule has 0 unspecified atom stereocenters. The van der Waals surface area contributed by atoms with E-state index in [2.05, 4.69) is 65.5 Å². The van der Waals surface area contributed by atoms with Gasteiger partial charge in [-0.05, 0) is 57.2 Å². The number of carbonyl (C=O) groups is 1. The molecule has 1 heterocycles. The first kappa shape index (κ1) is 19.0. The van der Waals surface area contributed by atoms with Gasteiger partial charge in [-0.25, -0.2) is 4.39 Å². The molecule has 0 spiro atoms. The molecule has 0 radical (unpaired) electrons. The Morgan fingerprint density at radius 2 is 1.78 bits per heavy atom. The Morgan fingerprint density at radius 3 is 2.41 bits per heavy atom. The molecule has 3 aromatic rings. The van der Waals surface area contributed by atoms with Crippen molar-refractivity contribution in [1.29, 1.82) is 0 Å². The second kappa shape index (κ2) is 8.26. The number of amides is 1. The minimum atomic E-state index is -0.351. The van der Waals surface area contributed by atoms with E-state index in [1.54, 1.807) is 0 Å². The van der Waals surface area contributed by atoms with Crippen LogP contribution in [0, 0.1) is 12.7 Å². The third kappa shape index (κ3) is 4.89. The zero-order valence-corrected chi connectivity index (χ0v) is 16.3. The number of aryl methyl sites for hydroxylation is 1. The van der Waals surface area contributed by atoms with Gasteiger partial charge in [-0.3, -0.25) is 4.79 Å². The van der Waals surface area contributed by atoms with Gasteiger partial charge in [-0.1, -0.05) is 29.0 Å². The molecule has 7 heteroatoms. The second-order valence-corrected chi connectivity index (χ2v) is 7.58. The lowest BCUT2D eigenvalue weighted by Gasteiger charge is -2.28. The Hall–Kier alpha value is -2.80. The Labute approximate surface area is 161 Å². The van der Waals surface area contributed by atoms with Crippen LogP contribution >= 0.6 is 11.3 Å². The first-order valence-corrected chi connectivity index (χ1v) is 9.46. The first-order chi connectivity index (χ1) is 12.9. The lowest BCUT2D eigenvalue weighted by Crippen LogP contribution is -2.30. The zero-order chi connectivity index (χ0) is 19.4. The molecule has 27 heavy (non-hydrogen) atoms. The normalized spacial score (nSPS) is 10.9. The minimum Gasteiger partial charge on any atom is -0.362 e. The van der Waals surface area contributed by atoms with Crippen LogP contribution in [0.4, 0.5) is 15.8 Å². The van der Waals surface area contributed by atoms with Crippen molar-refractivity contribution in [3.63, 3.8) is 0 Å². The molecule has 0 saturated heterocycles. The summed E-state index contributed by atoms with van der Waals surface area (Å²) in [6, 6.07) is 14.2. The van der Waals surface area contributed by atoms with Crippen LogP contribution in [0.2, 0.25) is 0 Å². The molecule has 1 amide bonds. The van der Waals surface area contributed by atoms with Crippen molar-refractivity contribution < 1.29 is 9.18 Å². The Kier molecular flexibility index (Phi) is 5.81. The number of aromatic nitrogens is 2. The molecule has 140 valence electrons. The molecule has 0 bridgehead atoms.